The zero-order chi connectivity index (χ0) is 17.2. The number of hydrogen-bond acceptors (Lipinski definition) is 7. The summed E-state index contributed by atoms with van der Waals surface area (Å²) in [6.45, 7) is 0. The van der Waals surface area contributed by atoms with Crippen LogP contribution in [0.15, 0.2) is 44.7 Å². The summed E-state index contributed by atoms with van der Waals surface area (Å²) in [5.41, 5.74) is 4.09. The van der Waals surface area contributed by atoms with Crippen molar-refractivity contribution in [1.29, 1.82) is 0 Å². The van der Waals surface area contributed by atoms with Gasteiger partial charge in [-0.3, -0.25) is 4.79 Å². The van der Waals surface area contributed by atoms with Crippen molar-refractivity contribution in [2.45, 2.75) is 31.6 Å². The van der Waals surface area contributed by atoms with Crippen molar-refractivity contribution in [2.75, 3.05) is 5.75 Å². The molecule has 0 saturated heterocycles. The third kappa shape index (κ3) is 2.10. The van der Waals surface area contributed by atoms with Gasteiger partial charge >= 0.3 is 0 Å². The number of nitrogens with zero attached hydrogens (tertiary/aromatic N) is 2. The highest BCUT2D eigenvalue weighted by Crippen LogP contribution is 2.47. The Balaban J connectivity index is 1.77. The molecule has 0 radical (unpaired) electrons. The first kappa shape index (κ1) is 14.8. The van der Waals surface area contributed by atoms with E-state index < -0.39 is 15.8 Å². The first-order valence-corrected chi connectivity index (χ1v) is 9.91. The van der Waals surface area contributed by atoms with E-state index in [9.17, 15) is 13.2 Å². The molecule has 0 fully saturated rings. The van der Waals surface area contributed by atoms with Crippen molar-refractivity contribution in [3.05, 3.63) is 45.6 Å². The average Bonchev–Trinajstić information content (AvgIpc) is 3.17. The van der Waals surface area contributed by atoms with Crippen LogP contribution >= 0.6 is 0 Å². The third-order valence-corrected chi connectivity index (χ3v) is 7.07. The van der Waals surface area contributed by atoms with Gasteiger partial charge in [0, 0.05) is 29.8 Å². The lowest BCUT2D eigenvalue weighted by molar-refractivity contribution is -0.116. The van der Waals surface area contributed by atoms with E-state index in [1.165, 1.54) is 0 Å². The van der Waals surface area contributed by atoms with Gasteiger partial charge in [-0.1, -0.05) is 6.07 Å². The second-order valence-corrected chi connectivity index (χ2v) is 8.73. The minimum Gasteiger partial charge on any atom is -0.361 e. The molecule has 7 nitrogen and oxygen atoms in total. The van der Waals surface area contributed by atoms with Crippen LogP contribution in [0.3, 0.4) is 0 Å². The number of ketones is 1. The van der Waals surface area contributed by atoms with E-state index >= 15 is 0 Å². The van der Waals surface area contributed by atoms with E-state index in [2.05, 4.69) is 15.6 Å². The van der Waals surface area contributed by atoms with Crippen LogP contribution in [-0.4, -0.2) is 30.3 Å². The number of nitrogens with one attached hydrogen (secondary N) is 1. The molecule has 0 saturated carbocycles. The molecule has 1 N–H and O–H groups in total. The normalized spacial score (nSPS) is 25.1. The average molecular weight is 357 g/mol. The summed E-state index contributed by atoms with van der Waals surface area (Å²) in [5.74, 6) is -0.456. The van der Waals surface area contributed by atoms with Gasteiger partial charge in [-0.2, -0.15) is 0 Å². The van der Waals surface area contributed by atoms with Crippen LogP contribution in [0.5, 0.6) is 0 Å². The van der Waals surface area contributed by atoms with Crippen molar-refractivity contribution in [1.82, 2.24) is 15.6 Å². The fourth-order valence-electron chi connectivity index (χ4n) is 4.07. The van der Waals surface area contributed by atoms with Crippen LogP contribution in [0.2, 0.25) is 0 Å². The smallest absolute Gasteiger partial charge is 0.177 e. The molecule has 0 spiro atoms. The van der Waals surface area contributed by atoms with Gasteiger partial charge in [-0.15, -0.1) is 0 Å². The van der Waals surface area contributed by atoms with Crippen LogP contribution in [0, 0.1) is 0 Å². The van der Waals surface area contributed by atoms with E-state index in [1.54, 1.807) is 12.1 Å². The number of aromatic nitrogens is 2. The largest absolute Gasteiger partial charge is 0.361 e. The molecule has 0 bridgehead atoms. The lowest BCUT2D eigenvalue weighted by Crippen LogP contribution is -2.32. The van der Waals surface area contributed by atoms with Crippen molar-refractivity contribution in [2.24, 2.45) is 0 Å². The highest BCUT2D eigenvalue weighted by atomic mass is 32.2. The predicted molar refractivity (Wildman–Crippen MR) is 89.0 cm³/mol. The van der Waals surface area contributed by atoms with Gasteiger partial charge < -0.3 is 5.32 Å². The quantitative estimate of drug-likeness (QED) is 0.832. The van der Waals surface area contributed by atoms with Gasteiger partial charge in [0.25, 0.3) is 0 Å². The van der Waals surface area contributed by atoms with Crippen LogP contribution in [0.25, 0.3) is 11.0 Å². The molecular weight excluding hydrogens is 342 g/mol. The second-order valence-electron chi connectivity index (χ2n) is 6.65. The molecule has 3 aliphatic rings. The van der Waals surface area contributed by atoms with E-state index in [0.717, 1.165) is 29.8 Å². The molecular formula is C17H15N3O4S. The number of allylic oxidation sites excluding steroid dienone is 4. The van der Waals surface area contributed by atoms with Crippen LogP contribution in [0.1, 0.15) is 37.2 Å². The number of sulfone groups is 1. The Hall–Kier alpha value is -2.48. The van der Waals surface area contributed by atoms with Crippen molar-refractivity contribution < 1.29 is 17.8 Å². The zero-order valence-electron chi connectivity index (χ0n) is 13.3. The van der Waals surface area contributed by atoms with E-state index in [-0.39, 0.29) is 11.5 Å². The number of fused-ring (bicyclic) bond motifs is 1. The van der Waals surface area contributed by atoms with Crippen LogP contribution < -0.4 is 5.32 Å². The van der Waals surface area contributed by atoms with Gasteiger partial charge in [0.05, 0.1) is 16.6 Å². The van der Waals surface area contributed by atoms with Gasteiger partial charge in [0.15, 0.2) is 15.6 Å². The molecule has 5 rings (SSSR count). The Morgan fingerprint density at radius 3 is 2.80 bits per heavy atom. The third-order valence-electron chi connectivity index (χ3n) is 5.17. The topological polar surface area (TPSA) is 102 Å². The Labute approximate surface area is 143 Å². The fraction of sp³-hybridized carbons (Fsp3) is 0.353. The maximum atomic E-state index is 12.7. The standard InChI is InChI=1S/C17H15N3O4S/c21-14-3-1-2-11-16(14)15(17-12(18-11)6-7-25(17,22)23)9-4-5-10-13(8-9)20-24-19-10/h4-5,8,15,18H,1-3,6-7H2/t15-/m1/s1. The Kier molecular flexibility index (Phi) is 2.97. The Morgan fingerprint density at radius 1 is 1.08 bits per heavy atom. The molecule has 8 heteroatoms. The lowest BCUT2D eigenvalue weighted by Gasteiger charge is -2.33. The monoisotopic (exact) mass is 357 g/mol. The Morgan fingerprint density at radius 2 is 1.92 bits per heavy atom. The van der Waals surface area contributed by atoms with Crippen LogP contribution in [-0.2, 0) is 14.6 Å². The molecule has 2 aromatic rings. The molecule has 1 aromatic heterocycles. The maximum absolute atomic E-state index is 12.7. The summed E-state index contributed by atoms with van der Waals surface area (Å²) < 4.78 is 30.1. The predicted octanol–water partition coefficient (Wildman–Crippen LogP) is 1.95. The van der Waals surface area contributed by atoms with Gasteiger partial charge in [0.1, 0.15) is 11.0 Å². The van der Waals surface area contributed by atoms with Crippen molar-refractivity contribution >= 4 is 26.7 Å². The van der Waals surface area contributed by atoms with Gasteiger partial charge in [0.2, 0.25) is 0 Å². The molecule has 1 atom stereocenters. The minimum atomic E-state index is -3.39. The molecule has 0 amide bonds. The Bertz CT molecular complexity index is 1090. The maximum Gasteiger partial charge on any atom is 0.177 e. The number of rotatable bonds is 1. The van der Waals surface area contributed by atoms with Crippen molar-refractivity contribution in [3.8, 4) is 0 Å². The number of hydrogen-bond donors (Lipinski definition) is 1. The molecule has 1 aromatic carbocycles. The highest BCUT2D eigenvalue weighted by Gasteiger charge is 2.44. The first-order chi connectivity index (χ1) is 12.0. The van der Waals surface area contributed by atoms with Crippen LogP contribution in [0.4, 0.5) is 0 Å². The van der Waals surface area contributed by atoms with Gasteiger partial charge in [-0.25, -0.2) is 13.0 Å². The molecule has 128 valence electrons. The van der Waals surface area contributed by atoms with Crippen molar-refractivity contribution in [3.63, 3.8) is 0 Å². The molecule has 2 aliphatic heterocycles. The van der Waals surface area contributed by atoms with Gasteiger partial charge in [-0.05, 0) is 40.9 Å². The number of dihydropyridines is 1. The number of Topliss-reactive ketones (excluding diaryl/α,β-unsaturated/α-hetero) is 1. The van der Waals surface area contributed by atoms with E-state index in [0.29, 0.717) is 34.4 Å². The second kappa shape index (κ2) is 5.01. The first-order valence-electron chi connectivity index (χ1n) is 8.26. The summed E-state index contributed by atoms with van der Waals surface area (Å²) in [6, 6.07) is 5.33. The molecule has 25 heavy (non-hydrogen) atoms. The highest BCUT2D eigenvalue weighted by molar-refractivity contribution is 7.95. The summed E-state index contributed by atoms with van der Waals surface area (Å²) in [5, 5.41) is 10.9. The summed E-state index contributed by atoms with van der Waals surface area (Å²) in [4.78, 5) is 13.0. The summed E-state index contributed by atoms with van der Waals surface area (Å²) >= 11 is 0. The lowest BCUT2D eigenvalue weighted by atomic mass is 9.79. The SMILES string of the molecule is O=C1CCCC2=C1[C@@H](c1ccc3nonc3c1)C1=C(CCS1(=O)=O)N2. The number of carbonyl (C=O) groups excluding carboxylic acids is 1. The molecule has 1 aliphatic carbocycles. The molecule has 0 unspecified atom stereocenters. The number of benzene rings is 1. The zero-order valence-corrected chi connectivity index (χ0v) is 14.1. The summed E-state index contributed by atoms with van der Waals surface area (Å²) in [6.07, 6.45) is 2.47. The number of carbonyl (C=O) groups is 1. The summed E-state index contributed by atoms with van der Waals surface area (Å²) in [7, 11) is -3.39. The minimum absolute atomic E-state index is 0.0192. The van der Waals surface area contributed by atoms with E-state index in [1.807, 2.05) is 6.07 Å². The van der Waals surface area contributed by atoms with E-state index in [4.69, 9.17) is 4.63 Å². The fourth-order valence-corrected chi connectivity index (χ4v) is 5.91. The molecule has 3 heterocycles.